The number of amides is 1. The average Bonchev–Trinajstić information content (AvgIpc) is 3.31. The number of aryl methyl sites for hydroxylation is 1. The summed E-state index contributed by atoms with van der Waals surface area (Å²) in [6.07, 6.45) is 1.77. The number of carbonyl (C=O) groups is 1. The number of sulfonamides is 1. The maximum absolute atomic E-state index is 12.7. The zero-order chi connectivity index (χ0) is 16.6. The van der Waals surface area contributed by atoms with Crippen molar-refractivity contribution in [2.75, 3.05) is 33.2 Å². The van der Waals surface area contributed by atoms with Gasteiger partial charge in [-0.3, -0.25) is 4.79 Å². The number of likely N-dealkylation sites (N-methyl/N-ethyl adjacent to an activating group) is 1. The molecule has 23 heavy (non-hydrogen) atoms. The fraction of sp³-hybridized carbons (Fsp3) is 0.562. The van der Waals surface area contributed by atoms with E-state index in [1.807, 2.05) is 14.0 Å². The number of hydrogen-bond acceptors (Lipinski definition) is 4. The highest BCUT2D eigenvalue weighted by atomic mass is 32.2. The lowest BCUT2D eigenvalue weighted by Gasteiger charge is -2.32. The Bertz CT molecular complexity index is 705. The first-order chi connectivity index (χ1) is 10.9. The molecule has 1 saturated heterocycles. The van der Waals surface area contributed by atoms with Gasteiger partial charge in [0.15, 0.2) is 0 Å². The highest BCUT2D eigenvalue weighted by Crippen LogP contribution is 2.23. The highest BCUT2D eigenvalue weighted by molar-refractivity contribution is 7.89. The van der Waals surface area contributed by atoms with Gasteiger partial charge in [-0.05, 0) is 44.5 Å². The molecule has 1 saturated carbocycles. The number of nitrogens with zero attached hydrogens (tertiary/aromatic N) is 2. The smallest absolute Gasteiger partial charge is 0.254 e. The van der Waals surface area contributed by atoms with Gasteiger partial charge >= 0.3 is 0 Å². The van der Waals surface area contributed by atoms with E-state index in [1.165, 1.54) is 6.07 Å². The summed E-state index contributed by atoms with van der Waals surface area (Å²) in [6, 6.07) is 4.85. The number of piperazine rings is 1. The predicted molar refractivity (Wildman–Crippen MR) is 87.9 cm³/mol. The van der Waals surface area contributed by atoms with Crippen molar-refractivity contribution in [1.29, 1.82) is 0 Å². The van der Waals surface area contributed by atoms with Gasteiger partial charge in [-0.15, -0.1) is 0 Å². The van der Waals surface area contributed by atoms with Crippen molar-refractivity contribution in [1.82, 2.24) is 14.5 Å². The van der Waals surface area contributed by atoms with Crippen molar-refractivity contribution in [2.45, 2.75) is 30.7 Å². The van der Waals surface area contributed by atoms with E-state index >= 15 is 0 Å². The van der Waals surface area contributed by atoms with Gasteiger partial charge in [0.05, 0.1) is 4.90 Å². The van der Waals surface area contributed by atoms with Gasteiger partial charge < -0.3 is 9.80 Å². The lowest BCUT2D eigenvalue weighted by molar-refractivity contribution is 0.0663. The van der Waals surface area contributed by atoms with Crippen LogP contribution in [0, 0.1) is 6.92 Å². The van der Waals surface area contributed by atoms with Crippen LogP contribution in [0.3, 0.4) is 0 Å². The summed E-state index contributed by atoms with van der Waals surface area (Å²) in [5.41, 5.74) is 1.28. The molecule has 1 aromatic carbocycles. The summed E-state index contributed by atoms with van der Waals surface area (Å²) in [5.74, 6) is -0.0842. The molecule has 1 aliphatic carbocycles. The summed E-state index contributed by atoms with van der Waals surface area (Å²) in [6.45, 7) is 4.87. The predicted octanol–water partition coefficient (Wildman–Crippen LogP) is 0.823. The molecule has 126 valence electrons. The molecule has 0 atom stereocenters. The van der Waals surface area contributed by atoms with Crippen molar-refractivity contribution >= 4 is 15.9 Å². The van der Waals surface area contributed by atoms with Crippen LogP contribution in [0.1, 0.15) is 28.8 Å². The summed E-state index contributed by atoms with van der Waals surface area (Å²) in [4.78, 5) is 16.9. The van der Waals surface area contributed by atoms with E-state index in [2.05, 4.69) is 9.62 Å². The van der Waals surface area contributed by atoms with E-state index in [4.69, 9.17) is 0 Å². The Kier molecular flexibility index (Phi) is 4.44. The Morgan fingerprint density at radius 1 is 1.17 bits per heavy atom. The molecule has 0 aromatic heterocycles. The molecule has 1 aromatic rings. The molecule has 1 amide bonds. The maximum atomic E-state index is 12.7. The molecule has 0 unspecified atom stereocenters. The van der Waals surface area contributed by atoms with Crippen LogP contribution in [0.25, 0.3) is 0 Å². The third-order valence-electron chi connectivity index (χ3n) is 4.44. The Morgan fingerprint density at radius 2 is 1.83 bits per heavy atom. The molecule has 3 rings (SSSR count). The quantitative estimate of drug-likeness (QED) is 0.883. The van der Waals surface area contributed by atoms with Crippen LogP contribution in [-0.2, 0) is 10.0 Å². The topological polar surface area (TPSA) is 69.7 Å². The van der Waals surface area contributed by atoms with Crippen LogP contribution in [0.15, 0.2) is 23.1 Å². The summed E-state index contributed by atoms with van der Waals surface area (Å²) >= 11 is 0. The lowest BCUT2D eigenvalue weighted by atomic mass is 10.1. The SMILES string of the molecule is Cc1ccc(S(=O)(=O)NC2CC2)cc1C(=O)N1CCN(C)CC1. The van der Waals surface area contributed by atoms with Crippen LogP contribution < -0.4 is 4.72 Å². The minimum Gasteiger partial charge on any atom is -0.336 e. The fourth-order valence-corrected chi connectivity index (χ4v) is 4.00. The molecule has 6 nitrogen and oxygen atoms in total. The number of carbonyl (C=O) groups excluding carboxylic acids is 1. The van der Waals surface area contributed by atoms with E-state index < -0.39 is 10.0 Å². The first kappa shape index (κ1) is 16.4. The van der Waals surface area contributed by atoms with E-state index in [0.717, 1.165) is 31.5 Å². The molecule has 2 aliphatic rings. The second kappa shape index (κ2) is 6.22. The molecule has 0 radical (unpaired) electrons. The zero-order valence-corrected chi connectivity index (χ0v) is 14.4. The van der Waals surface area contributed by atoms with Crippen molar-refractivity contribution in [3.8, 4) is 0 Å². The molecule has 2 fully saturated rings. The minimum atomic E-state index is -3.54. The largest absolute Gasteiger partial charge is 0.336 e. The molecule has 7 heteroatoms. The summed E-state index contributed by atoms with van der Waals surface area (Å²) in [7, 11) is -1.51. The normalized spacial score (nSPS) is 19.8. The van der Waals surface area contributed by atoms with Crippen molar-refractivity contribution in [2.24, 2.45) is 0 Å². The number of hydrogen-bond donors (Lipinski definition) is 1. The number of benzene rings is 1. The Morgan fingerprint density at radius 3 is 2.43 bits per heavy atom. The Balaban J connectivity index is 1.84. The van der Waals surface area contributed by atoms with Crippen LogP contribution in [0.5, 0.6) is 0 Å². The van der Waals surface area contributed by atoms with Gasteiger partial charge in [-0.1, -0.05) is 6.07 Å². The first-order valence-electron chi connectivity index (χ1n) is 7.97. The lowest BCUT2D eigenvalue weighted by Crippen LogP contribution is -2.47. The maximum Gasteiger partial charge on any atom is 0.254 e. The molecular weight excluding hydrogens is 314 g/mol. The Labute approximate surface area is 137 Å². The zero-order valence-electron chi connectivity index (χ0n) is 13.6. The van der Waals surface area contributed by atoms with Gasteiger partial charge in [0.1, 0.15) is 0 Å². The van der Waals surface area contributed by atoms with Crippen molar-refractivity contribution < 1.29 is 13.2 Å². The monoisotopic (exact) mass is 337 g/mol. The van der Waals surface area contributed by atoms with Crippen LogP contribution >= 0.6 is 0 Å². The average molecular weight is 337 g/mol. The second-order valence-electron chi connectivity index (χ2n) is 6.47. The first-order valence-corrected chi connectivity index (χ1v) is 9.46. The Hall–Kier alpha value is -1.44. The number of rotatable bonds is 4. The highest BCUT2D eigenvalue weighted by Gasteiger charge is 2.29. The van der Waals surface area contributed by atoms with Crippen LogP contribution in [0.2, 0.25) is 0 Å². The van der Waals surface area contributed by atoms with Crippen LogP contribution in [-0.4, -0.2) is 63.4 Å². The van der Waals surface area contributed by atoms with Crippen molar-refractivity contribution in [3.63, 3.8) is 0 Å². The van der Waals surface area contributed by atoms with Crippen molar-refractivity contribution in [3.05, 3.63) is 29.3 Å². The third-order valence-corrected chi connectivity index (χ3v) is 5.96. The van der Waals surface area contributed by atoms with E-state index in [1.54, 1.807) is 17.0 Å². The van der Waals surface area contributed by atoms with Crippen LogP contribution in [0.4, 0.5) is 0 Å². The number of nitrogens with one attached hydrogen (secondary N) is 1. The third kappa shape index (κ3) is 3.73. The molecule has 1 heterocycles. The summed E-state index contributed by atoms with van der Waals surface area (Å²) < 4.78 is 27.3. The van der Waals surface area contributed by atoms with Gasteiger partial charge in [0.25, 0.3) is 5.91 Å². The minimum absolute atomic E-state index is 0.0538. The second-order valence-corrected chi connectivity index (χ2v) is 8.18. The summed E-state index contributed by atoms with van der Waals surface area (Å²) in [5, 5.41) is 0. The molecule has 0 spiro atoms. The fourth-order valence-electron chi connectivity index (χ4n) is 2.67. The molecule has 1 aliphatic heterocycles. The van der Waals surface area contributed by atoms with E-state index in [9.17, 15) is 13.2 Å². The molecule has 1 N–H and O–H groups in total. The van der Waals surface area contributed by atoms with Gasteiger partial charge in [-0.25, -0.2) is 13.1 Å². The van der Waals surface area contributed by atoms with Gasteiger partial charge in [0.2, 0.25) is 10.0 Å². The van der Waals surface area contributed by atoms with Gasteiger partial charge in [0, 0.05) is 37.8 Å². The standard InChI is InChI=1S/C16H23N3O3S/c1-12-3-6-14(23(21,22)17-13-4-5-13)11-15(12)16(20)19-9-7-18(2)8-10-19/h3,6,11,13,17H,4-5,7-10H2,1-2H3. The van der Waals surface area contributed by atoms with Gasteiger partial charge in [-0.2, -0.15) is 0 Å². The van der Waals surface area contributed by atoms with E-state index in [0.29, 0.717) is 18.7 Å². The van der Waals surface area contributed by atoms with E-state index in [-0.39, 0.29) is 16.8 Å². The molecular formula is C16H23N3O3S. The molecule has 0 bridgehead atoms.